The van der Waals surface area contributed by atoms with Gasteiger partial charge in [-0.3, -0.25) is 9.59 Å². The Kier molecular flexibility index (Phi) is 3.58. The molecule has 0 aliphatic carbocycles. The van der Waals surface area contributed by atoms with Crippen LogP contribution in [0.4, 0.5) is 5.69 Å². The van der Waals surface area contributed by atoms with Crippen molar-refractivity contribution in [3.63, 3.8) is 0 Å². The number of fused-ring (bicyclic) bond motifs is 1. The van der Waals surface area contributed by atoms with Gasteiger partial charge in [-0.1, -0.05) is 15.9 Å². The number of Topliss-reactive ketones (excluding diaryl/α,β-unsaturated/α-hetero) is 1. The van der Waals surface area contributed by atoms with E-state index in [0.29, 0.717) is 12.1 Å². The number of carbonyl (C=O) groups is 2. The van der Waals surface area contributed by atoms with Crippen LogP contribution < -0.4 is 4.90 Å². The van der Waals surface area contributed by atoms with Crippen molar-refractivity contribution in [3.8, 4) is 0 Å². The number of benzene rings is 1. The van der Waals surface area contributed by atoms with E-state index < -0.39 is 11.7 Å². The summed E-state index contributed by atoms with van der Waals surface area (Å²) >= 11 is 5.01. The average Bonchev–Trinajstić information content (AvgIpc) is 2.51. The predicted octanol–water partition coefficient (Wildman–Crippen LogP) is 2.65. The molecule has 0 atom stereocenters. The highest BCUT2D eigenvalue weighted by atomic mass is 79.9. The maximum absolute atomic E-state index is 11.9. The highest BCUT2D eigenvalue weighted by Gasteiger charge is 2.36. The molecule has 0 N–H and O–H groups in total. The smallest absolute Gasteiger partial charge is 0.299 e. The first-order valence-corrected chi connectivity index (χ1v) is 7.40. The monoisotopic (exact) mass is 313 g/mol. The molecule has 1 heterocycles. The molecule has 2 rings (SSSR count). The van der Waals surface area contributed by atoms with E-state index in [4.69, 9.17) is 0 Å². The van der Waals surface area contributed by atoms with Crippen molar-refractivity contribution < 1.29 is 9.59 Å². The molecule has 17 heavy (non-hydrogen) atoms. The molecule has 0 bridgehead atoms. The summed E-state index contributed by atoms with van der Waals surface area (Å²) in [6.45, 7) is 2.50. The van der Waals surface area contributed by atoms with Crippen LogP contribution >= 0.6 is 27.7 Å². The van der Waals surface area contributed by atoms with Crippen LogP contribution in [-0.2, 0) is 4.79 Å². The van der Waals surface area contributed by atoms with Crippen molar-refractivity contribution in [2.24, 2.45) is 0 Å². The van der Waals surface area contributed by atoms with Crippen LogP contribution in [0.25, 0.3) is 0 Å². The molecule has 0 aromatic heterocycles. The van der Waals surface area contributed by atoms with Crippen LogP contribution in [0.15, 0.2) is 16.6 Å². The van der Waals surface area contributed by atoms with Gasteiger partial charge in [-0.25, -0.2) is 0 Å². The van der Waals surface area contributed by atoms with E-state index in [1.165, 1.54) is 0 Å². The molecular weight excluding hydrogens is 302 g/mol. The highest BCUT2D eigenvalue weighted by Crippen LogP contribution is 2.34. The summed E-state index contributed by atoms with van der Waals surface area (Å²) in [6.07, 6.45) is 1.98. The van der Waals surface area contributed by atoms with Crippen LogP contribution in [-0.4, -0.2) is 30.2 Å². The summed E-state index contributed by atoms with van der Waals surface area (Å²) in [5.74, 6) is 0.0225. The summed E-state index contributed by atoms with van der Waals surface area (Å²) in [5, 5.41) is 0. The quantitative estimate of drug-likeness (QED) is 0.805. The van der Waals surface area contributed by atoms with Crippen molar-refractivity contribution in [3.05, 3.63) is 27.7 Å². The van der Waals surface area contributed by atoms with E-state index in [1.807, 2.05) is 19.2 Å². The number of aryl methyl sites for hydroxylation is 1. The van der Waals surface area contributed by atoms with Crippen molar-refractivity contribution in [2.75, 3.05) is 23.5 Å². The van der Waals surface area contributed by atoms with Gasteiger partial charge in [0, 0.05) is 16.8 Å². The van der Waals surface area contributed by atoms with Crippen molar-refractivity contribution in [1.29, 1.82) is 0 Å². The van der Waals surface area contributed by atoms with Gasteiger partial charge in [0.25, 0.3) is 11.7 Å². The summed E-state index contributed by atoms with van der Waals surface area (Å²) < 4.78 is 0.835. The van der Waals surface area contributed by atoms with Crippen LogP contribution in [0, 0.1) is 6.92 Å². The van der Waals surface area contributed by atoms with Gasteiger partial charge in [-0.05, 0) is 30.9 Å². The van der Waals surface area contributed by atoms with Crippen molar-refractivity contribution in [2.45, 2.75) is 6.92 Å². The molecule has 0 spiro atoms. The second-order valence-corrected chi connectivity index (χ2v) is 5.80. The van der Waals surface area contributed by atoms with Crippen LogP contribution in [0.1, 0.15) is 15.9 Å². The Labute approximate surface area is 113 Å². The Morgan fingerprint density at radius 1 is 1.35 bits per heavy atom. The number of anilines is 1. The molecule has 1 aromatic rings. The second kappa shape index (κ2) is 4.82. The van der Waals surface area contributed by atoms with E-state index in [9.17, 15) is 9.59 Å². The Bertz CT molecular complexity index is 502. The third-order valence-corrected chi connectivity index (χ3v) is 3.79. The molecule has 0 saturated carbocycles. The average molecular weight is 314 g/mol. The first kappa shape index (κ1) is 12.6. The van der Waals surface area contributed by atoms with Gasteiger partial charge in [0.2, 0.25) is 0 Å². The maximum atomic E-state index is 11.9. The summed E-state index contributed by atoms with van der Waals surface area (Å²) in [6, 6.07) is 3.65. The zero-order chi connectivity index (χ0) is 12.6. The summed E-state index contributed by atoms with van der Waals surface area (Å²) in [7, 11) is 0. The lowest BCUT2D eigenvalue weighted by atomic mass is 10.1. The van der Waals surface area contributed by atoms with Crippen molar-refractivity contribution in [1.82, 2.24) is 0 Å². The lowest BCUT2D eigenvalue weighted by Crippen LogP contribution is -2.32. The first-order valence-electron chi connectivity index (χ1n) is 5.21. The van der Waals surface area contributed by atoms with E-state index >= 15 is 0 Å². The van der Waals surface area contributed by atoms with E-state index in [2.05, 4.69) is 15.9 Å². The Balaban J connectivity index is 2.48. The molecule has 0 unspecified atom stereocenters. The fourth-order valence-corrected chi connectivity index (χ4v) is 2.94. The number of hydrogen-bond donors (Lipinski definition) is 0. The standard InChI is InChI=1S/C12H12BrNO2S/c1-7-5-8(13)6-9-10(7)14(3-4-17-2)12(16)11(9)15/h5-6H,3-4H2,1-2H3. The number of rotatable bonds is 3. The maximum Gasteiger partial charge on any atom is 0.299 e. The minimum absolute atomic E-state index is 0.398. The van der Waals surface area contributed by atoms with Crippen LogP contribution in [0.5, 0.6) is 0 Å². The summed E-state index contributed by atoms with van der Waals surface area (Å²) in [4.78, 5) is 25.3. The highest BCUT2D eigenvalue weighted by molar-refractivity contribution is 9.10. The Hall–Kier alpha value is -0.810. The van der Waals surface area contributed by atoms with Crippen molar-refractivity contribution >= 4 is 45.1 Å². The molecule has 1 aliphatic heterocycles. The van der Waals surface area contributed by atoms with Gasteiger partial charge in [-0.2, -0.15) is 11.8 Å². The van der Waals surface area contributed by atoms with E-state index in [0.717, 1.165) is 21.5 Å². The number of hydrogen-bond acceptors (Lipinski definition) is 3. The van der Waals surface area contributed by atoms with Gasteiger partial charge in [0.15, 0.2) is 0 Å². The zero-order valence-electron chi connectivity index (χ0n) is 9.62. The van der Waals surface area contributed by atoms with Gasteiger partial charge in [0.1, 0.15) is 0 Å². The SMILES string of the molecule is CSCCN1C(=O)C(=O)c2cc(Br)cc(C)c21. The first-order chi connectivity index (χ1) is 8.06. The second-order valence-electron chi connectivity index (χ2n) is 3.90. The fourth-order valence-electron chi connectivity index (χ4n) is 2.00. The van der Waals surface area contributed by atoms with Gasteiger partial charge >= 0.3 is 0 Å². The van der Waals surface area contributed by atoms with Gasteiger partial charge < -0.3 is 4.90 Å². The Morgan fingerprint density at radius 2 is 2.06 bits per heavy atom. The molecule has 1 amide bonds. The van der Waals surface area contributed by atoms with Gasteiger partial charge in [-0.15, -0.1) is 0 Å². The molecule has 0 saturated heterocycles. The topological polar surface area (TPSA) is 37.4 Å². The minimum Gasteiger partial charge on any atom is -0.304 e. The largest absolute Gasteiger partial charge is 0.304 e. The van der Waals surface area contributed by atoms with Crippen LogP contribution in [0.3, 0.4) is 0 Å². The number of carbonyl (C=O) groups excluding carboxylic acids is 2. The van der Waals surface area contributed by atoms with E-state index in [1.54, 1.807) is 22.7 Å². The predicted molar refractivity (Wildman–Crippen MR) is 73.9 cm³/mol. The number of nitrogens with zero attached hydrogens (tertiary/aromatic N) is 1. The third kappa shape index (κ3) is 2.13. The number of ketones is 1. The number of amides is 1. The lowest BCUT2D eigenvalue weighted by Gasteiger charge is -2.17. The molecule has 5 heteroatoms. The minimum atomic E-state index is -0.407. The summed E-state index contributed by atoms with van der Waals surface area (Å²) in [5.41, 5.74) is 2.25. The van der Waals surface area contributed by atoms with E-state index in [-0.39, 0.29) is 0 Å². The molecule has 1 aromatic carbocycles. The number of thioether (sulfide) groups is 1. The number of halogens is 1. The molecule has 1 aliphatic rings. The molecular formula is C12H12BrNO2S. The fraction of sp³-hybridized carbons (Fsp3) is 0.333. The molecule has 0 fully saturated rings. The molecule has 90 valence electrons. The Morgan fingerprint density at radius 3 is 2.71 bits per heavy atom. The van der Waals surface area contributed by atoms with Crippen LogP contribution in [0.2, 0.25) is 0 Å². The molecule has 0 radical (unpaired) electrons. The lowest BCUT2D eigenvalue weighted by molar-refractivity contribution is -0.114. The normalized spacial score (nSPS) is 14.4. The third-order valence-electron chi connectivity index (χ3n) is 2.74. The van der Waals surface area contributed by atoms with Gasteiger partial charge in [0.05, 0.1) is 11.3 Å². The molecule has 3 nitrogen and oxygen atoms in total. The zero-order valence-corrected chi connectivity index (χ0v) is 12.0.